The van der Waals surface area contributed by atoms with Crippen LogP contribution in [0.15, 0.2) is 78.7 Å². The molecule has 1 aliphatic heterocycles. The maximum absolute atomic E-state index is 13.1. The molecule has 5 rings (SSSR count). The van der Waals surface area contributed by atoms with Crippen molar-refractivity contribution < 1.29 is 14.3 Å². The molecular formula is C30H28N2O3. The number of nitrogens with zero attached hydrogens (tertiary/aromatic N) is 2. The Morgan fingerprint density at radius 2 is 1.74 bits per heavy atom. The highest BCUT2D eigenvalue weighted by Gasteiger charge is 2.28. The van der Waals surface area contributed by atoms with Crippen LogP contribution in [0.4, 0.5) is 0 Å². The first-order chi connectivity index (χ1) is 17.0. The molecule has 0 atom stereocenters. The number of carbonyl (C=O) groups is 1. The Kier molecular flexibility index (Phi) is 6.23. The van der Waals surface area contributed by atoms with E-state index in [4.69, 9.17) is 14.6 Å². The quantitative estimate of drug-likeness (QED) is 0.219. The van der Waals surface area contributed by atoms with Gasteiger partial charge in [0.15, 0.2) is 5.76 Å². The molecule has 176 valence electrons. The number of carbonyl (C=O) groups excluding carboxylic acids is 1. The predicted molar refractivity (Wildman–Crippen MR) is 138 cm³/mol. The molecular weight excluding hydrogens is 436 g/mol. The molecule has 0 saturated carbocycles. The topological polar surface area (TPSA) is 53.4 Å². The number of aryl methyl sites for hydroxylation is 2. The van der Waals surface area contributed by atoms with Crippen molar-refractivity contribution in [2.75, 3.05) is 6.61 Å². The normalized spacial score (nSPS) is 13.7. The third kappa shape index (κ3) is 4.62. The summed E-state index contributed by atoms with van der Waals surface area (Å²) in [6, 6.07) is 21.7. The van der Waals surface area contributed by atoms with E-state index in [-0.39, 0.29) is 5.78 Å². The molecule has 0 fully saturated rings. The number of Topliss-reactive ketones (excluding diaryl/α,β-unsaturated/α-hetero) is 1. The summed E-state index contributed by atoms with van der Waals surface area (Å²) < 4.78 is 13.6. The molecule has 0 unspecified atom stereocenters. The number of unbranched alkanes of at least 4 members (excludes halogenated alkanes) is 1. The lowest BCUT2D eigenvalue weighted by atomic mass is 10.0. The van der Waals surface area contributed by atoms with E-state index in [0.717, 1.165) is 52.2 Å². The number of fused-ring (bicyclic) bond motifs is 1. The molecule has 4 aromatic rings. The monoisotopic (exact) mass is 464 g/mol. The molecule has 0 bridgehead atoms. The Morgan fingerprint density at radius 3 is 2.49 bits per heavy atom. The highest BCUT2D eigenvalue weighted by Crippen LogP contribution is 2.35. The van der Waals surface area contributed by atoms with Crippen molar-refractivity contribution >= 4 is 11.9 Å². The first kappa shape index (κ1) is 22.7. The van der Waals surface area contributed by atoms with E-state index in [0.29, 0.717) is 23.7 Å². The van der Waals surface area contributed by atoms with Crippen molar-refractivity contribution in [1.29, 1.82) is 0 Å². The third-order valence-electron chi connectivity index (χ3n) is 6.23. The van der Waals surface area contributed by atoms with Gasteiger partial charge in [0.25, 0.3) is 0 Å². The van der Waals surface area contributed by atoms with E-state index in [1.807, 2.05) is 91.5 Å². The van der Waals surface area contributed by atoms with E-state index in [1.165, 1.54) is 0 Å². The fraction of sp³-hybridized carbons (Fsp3) is 0.200. The highest BCUT2D eigenvalue weighted by atomic mass is 16.5. The summed E-state index contributed by atoms with van der Waals surface area (Å²) in [6.45, 7) is 6.87. The Hall–Kier alpha value is -4.12. The maximum Gasteiger partial charge on any atom is 0.231 e. The molecule has 35 heavy (non-hydrogen) atoms. The van der Waals surface area contributed by atoms with Crippen LogP contribution in [0.1, 0.15) is 46.8 Å². The Balaban J connectivity index is 1.53. The number of aromatic nitrogens is 2. The number of hydrogen-bond acceptors (Lipinski definition) is 4. The summed E-state index contributed by atoms with van der Waals surface area (Å²) in [5.74, 6) is 1.63. The van der Waals surface area contributed by atoms with Crippen LogP contribution < -0.4 is 9.47 Å². The zero-order valence-electron chi connectivity index (χ0n) is 20.2. The average Bonchev–Trinajstić information content (AvgIpc) is 3.42. The van der Waals surface area contributed by atoms with Gasteiger partial charge in [0.2, 0.25) is 5.78 Å². The van der Waals surface area contributed by atoms with E-state index in [1.54, 1.807) is 6.08 Å². The Bertz CT molecular complexity index is 1400. The lowest BCUT2D eigenvalue weighted by molar-refractivity contribution is 0.101. The van der Waals surface area contributed by atoms with Crippen LogP contribution in [-0.4, -0.2) is 22.2 Å². The summed E-state index contributed by atoms with van der Waals surface area (Å²) >= 11 is 0. The van der Waals surface area contributed by atoms with Crippen LogP contribution in [0.3, 0.4) is 0 Å². The molecule has 5 heteroatoms. The minimum absolute atomic E-state index is 0.110. The van der Waals surface area contributed by atoms with Crippen LogP contribution in [0, 0.1) is 13.8 Å². The van der Waals surface area contributed by atoms with E-state index < -0.39 is 0 Å². The molecule has 5 nitrogen and oxygen atoms in total. The molecule has 1 aromatic heterocycles. The standard InChI is InChI=1S/C30H28N2O3/c1-4-5-15-34-25-13-11-22(12-14-25)29-23(19-32(31-29)24-9-7-6-8-10-24)18-28-30(33)26-16-20(2)21(3)17-27(26)35-28/h6-14,16-19H,4-5,15H2,1-3H3/b28-18-. The van der Waals surface area contributed by atoms with Crippen LogP contribution in [0.25, 0.3) is 23.0 Å². The van der Waals surface area contributed by atoms with Crippen molar-refractivity contribution in [3.8, 4) is 28.4 Å². The van der Waals surface area contributed by atoms with Gasteiger partial charge < -0.3 is 9.47 Å². The van der Waals surface area contributed by atoms with Gasteiger partial charge in [0, 0.05) is 17.3 Å². The Labute approximate surface area is 205 Å². The molecule has 0 N–H and O–H groups in total. The molecule has 0 radical (unpaired) electrons. The van der Waals surface area contributed by atoms with Crippen molar-refractivity contribution in [2.24, 2.45) is 0 Å². The molecule has 3 aromatic carbocycles. The first-order valence-electron chi connectivity index (χ1n) is 12.0. The maximum atomic E-state index is 13.1. The lowest BCUT2D eigenvalue weighted by Crippen LogP contribution is -1.98. The van der Waals surface area contributed by atoms with Gasteiger partial charge in [-0.05, 0) is 86.0 Å². The van der Waals surface area contributed by atoms with Gasteiger partial charge in [-0.1, -0.05) is 31.5 Å². The van der Waals surface area contributed by atoms with Crippen LogP contribution >= 0.6 is 0 Å². The molecule has 0 amide bonds. The van der Waals surface area contributed by atoms with Gasteiger partial charge in [-0.25, -0.2) is 4.68 Å². The van der Waals surface area contributed by atoms with Crippen molar-refractivity contribution in [1.82, 2.24) is 9.78 Å². The van der Waals surface area contributed by atoms with Crippen molar-refractivity contribution in [2.45, 2.75) is 33.6 Å². The smallest absolute Gasteiger partial charge is 0.231 e. The molecule has 0 spiro atoms. The van der Waals surface area contributed by atoms with Gasteiger partial charge in [-0.15, -0.1) is 0 Å². The molecule has 0 aliphatic carbocycles. The van der Waals surface area contributed by atoms with E-state index in [9.17, 15) is 4.79 Å². The number of ether oxygens (including phenoxy) is 2. The minimum atomic E-state index is -0.110. The molecule has 0 saturated heterocycles. The zero-order chi connectivity index (χ0) is 24.4. The van der Waals surface area contributed by atoms with Gasteiger partial charge in [-0.3, -0.25) is 4.79 Å². The SMILES string of the molecule is CCCCOc1ccc(-c2nn(-c3ccccc3)cc2/C=C2\Oc3cc(C)c(C)cc3C2=O)cc1. The number of allylic oxidation sites excluding steroid dienone is 1. The van der Waals surface area contributed by atoms with E-state index in [2.05, 4.69) is 6.92 Å². The predicted octanol–water partition coefficient (Wildman–Crippen LogP) is 6.95. The van der Waals surface area contributed by atoms with E-state index >= 15 is 0 Å². The highest BCUT2D eigenvalue weighted by molar-refractivity contribution is 6.14. The van der Waals surface area contributed by atoms with Gasteiger partial charge in [0.05, 0.1) is 17.9 Å². The minimum Gasteiger partial charge on any atom is -0.494 e. The van der Waals surface area contributed by atoms with Crippen LogP contribution in [-0.2, 0) is 0 Å². The second-order valence-electron chi connectivity index (χ2n) is 8.81. The van der Waals surface area contributed by atoms with Crippen molar-refractivity contribution in [3.63, 3.8) is 0 Å². The second kappa shape index (κ2) is 9.63. The number of benzene rings is 3. The Morgan fingerprint density at radius 1 is 1.00 bits per heavy atom. The van der Waals surface area contributed by atoms with Gasteiger partial charge in [0.1, 0.15) is 17.2 Å². The number of rotatable bonds is 7. The summed E-state index contributed by atoms with van der Waals surface area (Å²) in [5, 5.41) is 4.86. The van der Waals surface area contributed by atoms with Gasteiger partial charge in [-0.2, -0.15) is 5.10 Å². The van der Waals surface area contributed by atoms with Crippen LogP contribution in [0.2, 0.25) is 0 Å². The summed E-state index contributed by atoms with van der Waals surface area (Å²) in [7, 11) is 0. The number of hydrogen-bond donors (Lipinski definition) is 0. The van der Waals surface area contributed by atoms with Crippen LogP contribution in [0.5, 0.6) is 11.5 Å². The summed E-state index contributed by atoms with van der Waals surface area (Å²) in [5.41, 5.74) is 6.21. The first-order valence-corrected chi connectivity index (χ1v) is 12.0. The fourth-order valence-electron chi connectivity index (χ4n) is 4.06. The fourth-order valence-corrected chi connectivity index (χ4v) is 4.06. The lowest BCUT2D eigenvalue weighted by Gasteiger charge is -2.06. The second-order valence-corrected chi connectivity index (χ2v) is 8.81. The molecule has 1 aliphatic rings. The summed E-state index contributed by atoms with van der Waals surface area (Å²) in [6.07, 6.45) is 5.84. The number of para-hydroxylation sites is 1. The van der Waals surface area contributed by atoms with Gasteiger partial charge >= 0.3 is 0 Å². The van der Waals surface area contributed by atoms with Crippen molar-refractivity contribution in [3.05, 3.63) is 101 Å². The third-order valence-corrected chi connectivity index (χ3v) is 6.23. The zero-order valence-corrected chi connectivity index (χ0v) is 20.2. The molecule has 2 heterocycles. The largest absolute Gasteiger partial charge is 0.494 e. The number of ketones is 1. The average molecular weight is 465 g/mol. The summed E-state index contributed by atoms with van der Waals surface area (Å²) in [4.78, 5) is 13.1.